The van der Waals surface area contributed by atoms with E-state index in [2.05, 4.69) is 5.32 Å². The molecule has 0 spiro atoms. The summed E-state index contributed by atoms with van der Waals surface area (Å²) in [5, 5.41) is 12.1. The van der Waals surface area contributed by atoms with E-state index in [9.17, 15) is 19.5 Å². The van der Waals surface area contributed by atoms with Gasteiger partial charge in [-0.05, 0) is 43.4 Å². The molecule has 2 N–H and O–H groups in total. The number of methoxy groups -OCH3 is 1. The first-order chi connectivity index (χ1) is 13.4. The lowest BCUT2D eigenvalue weighted by atomic mass is 9.91. The number of anilines is 2. The predicted molar refractivity (Wildman–Crippen MR) is 105 cm³/mol. The van der Waals surface area contributed by atoms with Crippen molar-refractivity contribution in [3.05, 3.63) is 18.2 Å². The van der Waals surface area contributed by atoms with Crippen molar-refractivity contribution >= 4 is 29.3 Å². The molecular weight excluding hydrogens is 362 g/mol. The molecular formula is C20H27N3O5. The average Bonchev–Trinajstić information content (AvgIpc) is 2.67. The molecule has 0 saturated carbocycles. The van der Waals surface area contributed by atoms with Crippen LogP contribution in [0.5, 0.6) is 5.75 Å². The topological polar surface area (TPSA) is 99.2 Å². The monoisotopic (exact) mass is 389 g/mol. The summed E-state index contributed by atoms with van der Waals surface area (Å²) >= 11 is 0. The number of carbonyl (C=O) groups is 3. The van der Waals surface area contributed by atoms with Crippen molar-refractivity contribution in [1.29, 1.82) is 0 Å². The number of likely N-dealkylation sites (tertiary alicyclic amines) is 1. The molecule has 0 radical (unpaired) electrons. The van der Waals surface area contributed by atoms with E-state index in [4.69, 9.17) is 4.74 Å². The molecule has 0 aliphatic carbocycles. The van der Waals surface area contributed by atoms with Crippen molar-refractivity contribution in [2.75, 3.05) is 37.0 Å². The maximum absolute atomic E-state index is 12.7. The zero-order chi connectivity index (χ0) is 20.3. The van der Waals surface area contributed by atoms with Gasteiger partial charge in [0.05, 0.1) is 18.7 Å². The fourth-order valence-electron chi connectivity index (χ4n) is 3.94. The van der Waals surface area contributed by atoms with Gasteiger partial charge in [-0.1, -0.05) is 6.92 Å². The Balaban J connectivity index is 1.76. The van der Waals surface area contributed by atoms with Gasteiger partial charge in [-0.25, -0.2) is 4.79 Å². The lowest BCUT2D eigenvalue weighted by Crippen LogP contribution is -2.47. The number of amides is 3. The summed E-state index contributed by atoms with van der Waals surface area (Å²) in [5.74, 6) is -0.683. The van der Waals surface area contributed by atoms with Gasteiger partial charge < -0.3 is 25.0 Å². The SMILES string of the molecule is COc1ccc(NC(=O)N2CC(C)CC(C(=O)O)C2)cc1N1CCCCC1=O. The normalized spacial score (nSPS) is 22.7. The van der Waals surface area contributed by atoms with Crippen LogP contribution in [-0.2, 0) is 9.59 Å². The summed E-state index contributed by atoms with van der Waals surface area (Å²) in [6, 6.07) is 4.85. The van der Waals surface area contributed by atoms with Gasteiger partial charge in [0, 0.05) is 31.7 Å². The summed E-state index contributed by atoms with van der Waals surface area (Å²) in [6.07, 6.45) is 2.88. The molecule has 2 aliphatic heterocycles. The van der Waals surface area contributed by atoms with Crippen LogP contribution in [0.3, 0.4) is 0 Å². The standard InChI is InChI=1S/C20H27N3O5/c1-13-9-14(19(25)26)12-22(11-13)20(27)21-15-6-7-17(28-2)16(10-15)23-8-4-3-5-18(23)24/h6-7,10,13-14H,3-5,8-9,11-12H2,1-2H3,(H,21,27)(H,25,26). The number of piperidine rings is 2. The predicted octanol–water partition coefficient (Wildman–Crippen LogP) is 2.79. The number of hydrogen-bond acceptors (Lipinski definition) is 4. The quantitative estimate of drug-likeness (QED) is 0.825. The fraction of sp³-hybridized carbons (Fsp3) is 0.550. The third-order valence-corrected chi connectivity index (χ3v) is 5.34. The smallest absolute Gasteiger partial charge is 0.321 e. The number of benzene rings is 1. The Labute approximate surface area is 164 Å². The van der Waals surface area contributed by atoms with Crippen LogP contribution >= 0.6 is 0 Å². The molecule has 3 amide bonds. The minimum Gasteiger partial charge on any atom is -0.495 e. The van der Waals surface area contributed by atoms with E-state index in [1.807, 2.05) is 6.92 Å². The van der Waals surface area contributed by atoms with Crippen LogP contribution in [0.15, 0.2) is 18.2 Å². The van der Waals surface area contributed by atoms with Crippen LogP contribution in [0.2, 0.25) is 0 Å². The Bertz CT molecular complexity index is 766. The molecule has 1 aromatic carbocycles. The second kappa shape index (κ2) is 8.50. The highest BCUT2D eigenvalue weighted by Gasteiger charge is 2.32. The van der Waals surface area contributed by atoms with Gasteiger partial charge in [0.25, 0.3) is 0 Å². The maximum Gasteiger partial charge on any atom is 0.321 e. The van der Waals surface area contributed by atoms with Gasteiger partial charge in [-0.2, -0.15) is 0 Å². The molecule has 2 fully saturated rings. The molecule has 0 bridgehead atoms. The van der Waals surface area contributed by atoms with Gasteiger partial charge in [-0.3, -0.25) is 9.59 Å². The van der Waals surface area contributed by atoms with Crippen molar-refractivity contribution in [1.82, 2.24) is 4.90 Å². The number of hydrogen-bond donors (Lipinski definition) is 2. The van der Waals surface area contributed by atoms with Crippen LogP contribution in [0.25, 0.3) is 0 Å². The number of carboxylic acid groups (broad SMARTS) is 1. The second-order valence-corrected chi connectivity index (χ2v) is 7.60. The minimum atomic E-state index is -0.875. The maximum atomic E-state index is 12.7. The number of nitrogens with zero attached hydrogens (tertiary/aromatic N) is 2. The van der Waals surface area contributed by atoms with Gasteiger partial charge in [0.15, 0.2) is 0 Å². The molecule has 2 unspecified atom stereocenters. The first kappa shape index (κ1) is 20.0. The molecule has 8 heteroatoms. The summed E-state index contributed by atoms with van der Waals surface area (Å²) in [6.45, 7) is 3.28. The Hall–Kier alpha value is -2.77. The molecule has 2 aliphatic rings. The van der Waals surface area contributed by atoms with Crippen molar-refractivity contribution in [2.24, 2.45) is 11.8 Å². The van der Waals surface area contributed by atoms with Gasteiger partial charge in [0.2, 0.25) is 5.91 Å². The average molecular weight is 389 g/mol. The van der Waals surface area contributed by atoms with Crippen molar-refractivity contribution in [3.63, 3.8) is 0 Å². The fourth-order valence-corrected chi connectivity index (χ4v) is 3.94. The van der Waals surface area contributed by atoms with Crippen molar-refractivity contribution in [2.45, 2.75) is 32.6 Å². The van der Waals surface area contributed by atoms with E-state index in [-0.39, 0.29) is 24.4 Å². The van der Waals surface area contributed by atoms with Gasteiger partial charge in [-0.15, -0.1) is 0 Å². The number of ether oxygens (including phenoxy) is 1. The first-order valence-electron chi connectivity index (χ1n) is 9.66. The van der Waals surface area contributed by atoms with Crippen LogP contribution in [0, 0.1) is 11.8 Å². The number of carbonyl (C=O) groups excluding carboxylic acids is 2. The minimum absolute atomic E-state index is 0.0437. The summed E-state index contributed by atoms with van der Waals surface area (Å²) in [7, 11) is 1.55. The third kappa shape index (κ3) is 4.37. The zero-order valence-electron chi connectivity index (χ0n) is 16.3. The number of nitrogens with one attached hydrogen (secondary N) is 1. The van der Waals surface area contributed by atoms with Crippen LogP contribution < -0.4 is 15.0 Å². The van der Waals surface area contributed by atoms with Gasteiger partial charge >= 0.3 is 12.0 Å². The molecule has 3 rings (SSSR count). The largest absolute Gasteiger partial charge is 0.495 e. The Morgan fingerprint density at radius 2 is 2.04 bits per heavy atom. The number of rotatable bonds is 4. The van der Waals surface area contributed by atoms with E-state index in [0.717, 1.165) is 12.8 Å². The Kier molecular flexibility index (Phi) is 6.06. The molecule has 152 valence electrons. The van der Waals surface area contributed by atoms with Crippen molar-refractivity contribution < 1.29 is 24.2 Å². The molecule has 8 nitrogen and oxygen atoms in total. The third-order valence-electron chi connectivity index (χ3n) is 5.34. The molecule has 1 aromatic rings. The summed E-state index contributed by atoms with van der Waals surface area (Å²) in [4.78, 5) is 39.6. The molecule has 28 heavy (non-hydrogen) atoms. The van der Waals surface area contributed by atoms with Crippen LogP contribution in [0.1, 0.15) is 32.6 Å². The summed E-state index contributed by atoms with van der Waals surface area (Å²) < 4.78 is 5.40. The molecule has 0 aromatic heterocycles. The lowest BCUT2D eigenvalue weighted by molar-refractivity contribution is -0.143. The van der Waals surface area contributed by atoms with E-state index >= 15 is 0 Å². The molecule has 2 saturated heterocycles. The highest BCUT2D eigenvalue weighted by atomic mass is 16.5. The second-order valence-electron chi connectivity index (χ2n) is 7.60. The highest BCUT2D eigenvalue weighted by Crippen LogP contribution is 2.34. The zero-order valence-corrected chi connectivity index (χ0v) is 16.3. The van der Waals surface area contributed by atoms with Crippen molar-refractivity contribution in [3.8, 4) is 5.75 Å². The lowest BCUT2D eigenvalue weighted by Gasteiger charge is -2.34. The Morgan fingerprint density at radius 3 is 2.71 bits per heavy atom. The van der Waals surface area contributed by atoms with E-state index in [1.165, 1.54) is 0 Å². The van der Waals surface area contributed by atoms with E-state index in [1.54, 1.807) is 35.1 Å². The van der Waals surface area contributed by atoms with E-state index < -0.39 is 11.9 Å². The van der Waals surface area contributed by atoms with Crippen LogP contribution in [-0.4, -0.2) is 54.7 Å². The van der Waals surface area contributed by atoms with E-state index in [0.29, 0.717) is 43.1 Å². The summed E-state index contributed by atoms with van der Waals surface area (Å²) in [5.41, 5.74) is 1.18. The number of carboxylic acids is 1. The number of urea groups is 1. The Morgan fingerprint density at radius 1 is 1.25 bits per heavy atom. The molecule has 2 heterocycles. The highest BCUT2D eigenvalue weighted by molar-refractivity contribution is 5.97. The van der Waals surface area contributed by atoms with Gasteiger partial charge in [0.1, 0.15) is 5.75 Å². The van der Waals surface area contributed by atoms with Crippen LogP contribution in [0.4, 0.5) is 16.2 Å². The molecule has 2 atom stereocenters. The first-order valence-corrected chi connectivity index (χ1v) is 9.66. The number of aliphatic carboxylic acids is 1.